The molecule has 2 aromatic rings. The van der Waals surface area contributed by atoms with Gasteiger partial charge in [-0.1, -0.05) is 31.7 Å². The molecular weight excluding hydrogens is 388 g/mol. The van der Waals surface area contributed by atoms with Crippen molar-refractivity contribution in [2.45, 2.75) is 19.8 Å². The van der Waals surface area contributed by atoms with Crippen molar-refractivity contribution in [1.29, 1.82) is 5.26 Å². The van der Waals surface area contributed by atoms with Gasteiger partial charge < -0.3 is 10.2 Å². The number of nitrogens with one attached hydrogen (secondary N) is 1. The number of benzene rings is 1. The number of rotatable bonds is 7. The number of amides is 1. The van der Waals surface area contributed by atoms with Crippen LogP contribution in [0.1, 0.15) is 24.5 Å². The minimum Gasteiger partial charge on any atom is -0.321 e. The summed E-state index contributed by atoms with van der Waals surface area (Å²) in [5, 5.41) is 11.6. The molecule has 0 saturated carbocycles. The lowest BCUT2D eigenvalue weighted by Gasteiger charge is -2.28. The monoisotopic (exact) mass is 410 g/mol. The lowest BCUT2D eigenvalue weighted by molar-refractivity contribution is -0.132. The molecule has 2 heterocycles. The Morgan fingerprint density at radius 3 is 2.61 bits per heavy atom. The number of Topliss-reactive ketones (excluding diaryl/α,β-unsaturated/α-hetero) is 1. The highest BCUT2D eigenvalue weighted by Gasteiger charge is 2.24. The second kappa shape index (κ2) is 9.99. The molecule has 1 aromatic carbocycles. The van der Waals surface area contributed by atoms with Crippen molar-refractivity contribution in [2.24, 2.45) is 0 Å². The van der Waals surface area contributed by atoms with Gasteiger partial charge in [0, 0.05) is 30.1 Å². The average molecular weight is 410 g/mol. The van der Waals surface area contributed by atoms with Crippen LogP contribution in [-0.4, -0.2) is 21.6 Å². The summed E-state index contributed by atoms with van der Waals surface area (Å²) in [6.07, 6.45) is 11.3. The number of nitrogens with zero attached hydrogens (tertiary/aromatic N) is 3. The number of hydrogen-bond donors (Lipinski definition) is 1. The molecule has 1 aromatic heterocycles. The van der Waals surface area contributed by atoms with E-state index in [1.807, 2.05) is 42.3 Å². The van der Waals surface area contributed by atoms with Crippen molar-refractivity contribution in [3.63, 3.8) is 0 Å². The summed E-state index contributed by atoms with van der Waals surface area (Å²) in [4.78, 5) is 31.3. The van der Waals surface area contributed by atoms with E-state index in [1.165, 1.54) is 6.20 Å². The number of hydrogen-bond acceptors (Lipinski definition) is 5. The van der Waals surface area contributed by atoms with Crippen LogP contribution >= 0.6 is 0 Å². The zero-order chi connectivity index (χ0) is 22.2. The largest absolute Gasteiger partial charge is 0.321 e. The summed E-state index contributed by atoms with van der Waals surface area (Å²) < 4.78 is 0. The summed E-state index contributed by atoms with van der Waals surface area (Å²) >= 11 is 0. The Morgan fingerprint density at radius 2 is 1.97 bits per heavy atom. The van der Waals surface area contributed by atoms with Gasteiger partial charge in [-0.25, -0.2) is 0 Å². The maximum atomic E-state index is 12.9. The predicted molar refractivity (Wildman–Crippen MR) is 119 cm³/mol. The van der Waals surface area contributed by atoms with Crippen molar-refractivity contribution in [3.8, 4) is 6.07 Å². The average Bonchev–Trinajstić information content (AvgIpc) is 2.81. The second-order valence-corrected chi connectivity index (χ2v) is 6.86. The lowest BCUT2D eigenvalue weighted by Crippen LogP contribution is -2.28. The quantitative estimate of drug-likeness (QED) is 0.544. The maximum Gasteiger partial charge on any atom is 0.296 e. The van der Waals surface area contributed by atoms with E-state index in [0.717, 1.165) is 11.3 Å². The molecule has 154 valence electrons. The molecule has 31 heavy (non-hydrogen) atoms. The number of pyridine rings is 1. The Labute approximate surface area is 181 Å². The van der Waals surface area contributed by atoms with Crippen molar-refractivity contribution in [2.75, 3.05) is 5.32 Å². The highest BCUT2D eigenvalue weighted by atomic mass is 16.2. The summed E-state index contributed by atoms with van der Waals surface area (Å²) in [6, 6.07) is 12.7. The standard InChI is InChI=1S/C25H22N4O2/c1-3-22(24(30)25(31)28-21-7-6-13-27-17-21)23-8-4-5-14-29(23)18(2)15-19-9-11-20(16-26)12-10-19/h4-14,17H,2-3,15H2,1H3,(H,28,31)/b23-22+. The van der Waals surface area contributed by atoms with Gasteiger partial charge in [0.25, 0.3) is 5.91 Å². The van der Waals surface area contributed by atoms with Gasteiger partial charge in [0.1, 0.15) is 0 Å². The fraction of sp³-hybridized carbons (Fsp3) is 0.120. The first-order valence-electron chi connectivity index (χ1n) is 9.83. The van der Waals surface area contributed by atoms with Gasteiger partial charge in [0.05, 0.1) is 29.2 Å². The molecule has 0 fully saturated rings. The molecule has 1 aliphatic heterocycles. The SMILES string of the molecule is C=C(Cc1ccc(C#N)cc1)N1C=CC=C/C1=C(/CC)C(=O)C(=O)Nc1cccnc1. The molecule has 0 unspecified atom stereocenters. The van der Waals surface area contributed by atoms with E-state index in [4.69, 9.17) is 5.26 Å². The van der Waals surface area contributed by atoms with Crippen molar-refractivity contribution < 1.29 is 9.59 Å². The van der Waals surface area contributed by atoms with Gasteiger partial charge in [-0.05, 0) is 48.4 Å². The van der Waals surface area contributed by atoms with Crippen LogP contribution in [0.4, 0.5) is 5.69 Å². The minimum absolute atomic E-state index is 0.382. The van der Waals surface area contributed by atoms with Crippen molar-refractivity contribution >= 4 is 17.4 Å². The number of aromatic nitrogens is 1. The number of carbonyl (C=O) groups excluding carboxylic acids is 2. The van der Waals surface area contributed by atoms with E-state index >= 15 is 0 Å². The van der Waals surface area contributed by atoms with E-state index in [2.05, 4.69) is 22.9 Å². The molecule has 0 bridgehead atoms. The highest BCUT2D eigenvalue weighted by Crippen LogP contribution is 2.26. The van der Waals surface area contributed by atoms with Gasteiger partial charge in [-0.2, -0.15) is 5.26 Å². The number of allylic oxidation sites excluding steroid dienone is 4. The summed E-state index contributed by atoms with van der Waals surface area (Å²) in [5.74, 6) is -1.31. The van der Waals surface area contributed by atoms with Crippen LogP contribution in [0.25, 0.3) is 0 Å². The molecule has 1 aliphatic rings. The van der Waals surface area contributed by atoms with Crippen molar-refractivity contribution in [1.82, 2.24) is 9.88 Å². The Hall–Kier alpha value is -4.24. The molecule has 0 atom stereocenters. The third kappa shape index (κ3) is 5.22. The molecule has 3 rings (SSSR count). The van der Waals surface area contributed by atoms with Gasteiger partial charge >= 0.3 is 0 Å². The van der Waals surface area contributed by atoms with Crippen LogP contribution in [0, 0.1) is 11.3 Å². The first-order valence-corrected chi connectivity index (χ1v) is 9.83. The molecule has 1 amide bonds. The molecule has 6 nitrogen and oxygen atoms in total. The third-order valence-corrected chi connectivity index (χ3v) is 4.75. The van der Waals surface area contributed by atoms with Gasteiger partial charge in [0.2, 0.25) is 5.78 Å². The zero-order valence-corrected chi connectivity index (χ0v) is 17.2. The molecule has 1 N–H and O–H groups in total. The van der Waals surface area contributed by atoms with Crippen molar-refractivity contribution in [3.05, 3.63) is 108 Å². The lowest BCUT2D eigenvalue weighted by atomic mass is 10.0. The molecule has 0 saturated heterocycles. The Bertz CT molecular complexity index is 1120. The fourth-order valence-electron chi connectivity index (χ4n) is 3.20. The predicted octanol–water partition coefficient (Wildman–Crippen LogP) is 4.27. The number of carbonyl (C=O) groups is 2. The van der Waals surface area contributed by atoms with Crippen LogP contribution in [0.3, 0.4) is 0 Å². The number of nitriles is 1. The summed E-state index contributed by atoms with van der Waals surface area (Å²) in [5.41, 5.74) is 3.80. The van der Waals surface area contributed by atoms with E-state index in [9.17, 15) is 9.59 Å². The molecule has 0 radical (unpaired) electrons. The number of ketones is 1. The van der Waals surface area contributed by atoms with E-state index in [-0.39, 0.29) is 0 Å². The van der Waals surface area contributed by atoms with E-state index in [1.54, 1.807) is 36.5 Å². The van der Waals surface area contributed by atoms with Gasteiger partial charge in [-0.15, -0.1) is 0 Å². The Morgan fingerprint density at radius 1 is 1.19 bits per heavy atom. The van der Waals surface area contributed by atoms with Gasteiger partial charge in [-0.3, -0.25) is 14.6 Å². The second-order valence-electron chi connectivity index (χ2n) is 6.86. The molecule has 0 spiro atoms. The van der Waals surface area contributed by atoms with E-state index in [0.29, 0.717) is 35.4 Å². The normalized spacial score (nSPS) is 14.0. The molecule has 0 aliphatic carbocycles. The topological polar surface area (TPSA) is 86.1 Å². The third-order valence-electron chi connectivity index (χ3n) is 4.75. The summed E-state index contributed by atoms with van der Waals surface area (Å²) in [6.45, 7) is 6.02. The number of anilines is 1. The fourth-order valence-corrected chi connectivity index (χ4v) is 3.20. The Balaban J connectivity index is 1.83. The smallest absolute Gasteiger partial charge is 0.296 e. The Kier molecular flexibility index (Phi) is 6.92. The first kappa shape index (κ1) is 21.5. The minimum atomic E-state index is -0.710. The van der Waals surface area contributed by atoms with Crippen LogP contribution in [0.2, 0.25) is 0 Å². The van der Waals surface area contributed by atoms with E-state index < -0.39 is 11.7 Å². The maximum absolute atomic E-state index is 12.9. The summed E-state index contributed by atoms with van der Waals surface area (Å²) in [7, 11) is 0. The molecule has 6 heteroatoms. The van der Waals surface area contributed by atoms with Gasteiger partial charge in [0.15, 0.2) is 0 Å². The van der Waals surface area contributed by atoms with Crippen LogP contribution in [-0.2, 0) is 16.0 Å². The van der Waals surface area contributed by atoms with Crippen LogP contribution < -0.4 is 5.32 Å². The molecular formula is C25H22N4O2. The highest BCUT2D eigenvalue weighted by molar-refractivity contribution is 6.46. The zero-order valence-electron chi connectivity index (χ0n) is 17.2. The van der Waals surface area contributed by atoms with Crippen LogP contribution in [0.15, 0.2) is 96.8 Å². The van der Waals surface area contributed by atoms with Crippen LogP contribution in [0.5, 0.6) is 0 Å². The first-order chi connectivity index (χ1) is 15.0.